The summed E-state index contributed by atoms with van der Waals surface area (Å²) in [6.07, 6.45) is 0.163. The Kier molecular flexibility index (Phi) is 7.78. The van der Waals surface area contributed by atoms with Gasteiger partial charge >= 0.3 is 6.18 Å². The van der Waals surface area contributed by atoms with E-state index in [9.17, 15) is 18.0 Å². The molecule has 0 aliphatic carbocycles. The van der Waals surface area contributed by atoms with Crippen LogP contribution in [0.25, 0.3) is 5.70 Å². The fraction of sp³-hybridized carbons (Fsp3) is 0.200. The number of pyridine rings is 1. The van der Waals surface area contributed by atoms with Gasteiger partial charge in [0.15, 0.2) is 0 Å². The average Bonchev–Trinajstić information content (AvgIpc) is 2.79. The summed E-state index contributed by atoms with van der Waals surface area (Å²) in [6.45, 7) is 1.93. The lowest BCUT2D eigenvalue weighted by molar-refractivity contribution is -0.138. The van der Waals surface area contributed by atoms with Gasteiger partial charge in [0.2, 0.25) is 0 Å². The molecule has 1 aromatic heterocycles. The summed E-state index contributed by atoms with van der Waals surface area (Å²) in [5.74, 6) is 5.60. The maximum Gasteiger partial charge on any atom is 0.416 e. The smallest absolute Gasteiger partial charge is 0.397 e. The summed E-state index contributed by atoms with van der Waals surface area (Å²) in [7, 11) is 3.37. The number of hydrogen-bond acceptors (Lipinski definition) is 6. The summed E-state index contributed by atoms with van der Waals surface area (Å²) in [4.78, 5) is 18.5. The number of alkyl halides is 3. The molecular formula is C25H27F3N6O. The largest absolute Gasteiger partial charge is 0.416 e. The van der Waals surface area contributed by atoms with Gasteiger partial charge in [-0.2, -0.15) is 13.2 Å². The van der Waals surface area contributed by atoms with Gasteiger partial charge in [0.25, 0.3) is 5.91 Å². The summed E-state index contributed by atoms with van der Waals surface area (Å²) in [6, 6.07) is 12.1. The van der Waals surface area contributed by atoms with E-state index in [0.717, 1.165) is 11.6 Å². The summed E-state index contributed by atoms with van der Waals surface area (Å²) in [5.41, 5.74) is 8.00. The predicted octanol–water partition coefficient (Wildman–Crippen LogP) is 4.36. The molecule has 5 N–H and O–H groups in total. The second kappa shape index (κ2) is 10.6. The second-order valence-corrected chi connectivity index (χ2v) is 8.30. The van der Waals surface area contributed by atoms with Gasteiger partial charge in [-0.3, -0.25) is 14.8 Å². The van der Waals surface area contributed by atoms with Crippen LogP contribution >= 0.6 is 0 Å². The molecule has 0 atom stereocenters. The number of hydrogen-bond donors (Lipinski definition) is 3. The van der Waals surface area contributed by atoms with E-state index in [1.165, 1.54) is 23.3 Å². The number of nitrogens with one attached hydrogen (secondary N) is 1. The normalized spacial score (nSPS) is 12.1. The van der Waals surface area contributed by atoms with Crippen molar-refractivity contribution in [2.24, 2.45) is 11.6 Å². The number of carbonyl (C=O) groups is 1. The third-order valence-corrected chi connectivity index (χ3v) is 5.18. The van der Waals surface area contributed by atoms with Gasteiger partial charge in [-0.15, -0.1) is 0 Å². The lowest BCUT2D eigenvalue weighted by atomic mass is 10.0. The molecule has 0 saturated carbocycles. The van der Waals surface area contributed by atoms with E-state index in [2.05, 4.69) is 10.3 Å². The van der Waals surface area contributed by atoms with Gasteiger partial charge in [-0.1, -0.05) is 12.1 Å². The lowest BCUT2D eigenvalue weighted by Crippen LogP contribution is -2.27. The molecule has 0 bridgehead atoms. The van der Waals surface area contributed by atoms with Crippen LogP contribution in [0.2, 0.25) is 0 Å². The summed E-state index contributed by atoms with van der Waals surface area (Å²) in [5, 5.41) is 3.83. The minimum absolute atomic E-state index is 0.0391. The van der Waals surface area contributed by atoms with Crippen molar-refractivity contribution in [1.29, 1.82) is 0 Å². The maximum absolute atomic E-state index is 13.6. The highest BCUT2D eigenvalue weighted by Gasteiger charge is 2.33. The number of halogens is 3. The predicted molar refractivity (Wildman–Crippen MR) is 131 cm³/mol. The number of aryl methyl sites for hydroxylation is 1. The van der Waals surface area contributed by atoms with Crippen molar-refractivity contribution in [2.45, 2.75) is 19.6 Å². The van der Waals surface area contributed by atoms with E-state index in [-0.39, 0.29) is 23.4 Å². The van der Waals surface area contributed by atoms with Crippen LogP contribution in [0.4, 0.5) is 24.5 Å². The highest BCUT2D eigenvalue weighted by molar-refractivity contribution is 6.05. The quantitative estimate of drug-likeness (QED) is 0.340. The van der Waals surface area contributed by atoms with E-state index < -0.39 is 17.6 Å². The van der Waals surface area contributed by atoms with Gasteiger partial charge in [0.05, 0.1) is 16.9 Å². The number of nitrogens with zero attached hydrogens (tertiary/aromatic N) is 3. The Balaban J connectivity index is 1.85. The molecule has 35 heavy (non-hydrogen) atoms. The molecular weight excluding hydrogens is 457 g/mol. The van der Waals surface area contributed by atoms with E-state index in [4.69, 9.17) is 11.6 Å². The molecule has 184 valence electrons. The van der Waals surface area contributed by atoms with E-state index in [1.807, 2.05) is 6.92 Å². The zero-order valence-corrected chi connectivity index (χ0v) is 19.6. The van der Waals surface area contributed by atoms with Gasteiger partial charge < -0.3 is 16.0 Å². The van der Waals surface area contributed by atoms with E-state index in [1.54, 1.807) is 61.7 Å². The molecule has 0 fully saturated rings. The Bertz CT molecular complexity index is 1230. The maximum atomic E-state index is 13.6. The van der Waals surface area contributed by atoms with E-state index >= 15 is 0 Å². The zero-order valence-electron chi connectivity index (χ0n) is 19.6. The number of benzene rings is 2. The topological polar surface area (TPSA) is 101 Å². The second-order valence-electron chi connectivity index (χ2n) is 8.30. The number of aromatic nitrogens is 1. The van der Waals surface area contributed by atoms with Crippen molar-refractivity contribution in [3.63, 3.8) is 0 Å². The van der Waals surface area contributed by atoms with Gasteiger partial charge in [0, 0.05) is 42.0 Å². The molecule has 10 heteroatoms. The van der Waals surface area contributed by atoms with Crippen LogP contribution in [0, 0.1) is 6.92 Å². The molecule has 0 aliphatic heterocycles. The lowest BCUT2D eigenvalue weighted by Gasteiger charge is -2.19. The first kappa shape index (κ1) is 25.7. The van der Waals surface area contributed by atoms with Crippen LogP contribution in [0.15, 0.2) is 67.1 Å². The third-order valence-electron chi connectivity index (χ3n) is 5.18. The molecule has 0 aliphatic rings. The first-order valence-electron chi connectivity index (χ1n) is 10.6. The Morgan fingerprint density at radius 2 is 1.86 bits per heavy atom. The molecule has 7 nitrogen and oxygen atoms in total. The molecule has 2 aromatic carbocycles. The van der Waals surface area contributed by atoms with Crippen LogP contribution < -0.4 is 21.9 Å². The average molecular weight is 485 g/mol. The number of rotatable bonds is 7. The first-order valence-corrected chi connectivity index (χ1v) is 10.6. The molecule has 0 unspecified atom stereocenters. The van der Waals surface area contributed by atoms with Crippen molar-refractivity contribution in [3.05, 3.63) is 94.9 Å². The number of anilines is 2. The minimum Gasteiger partial charge on any atom is -0.397 e. The number of carbonyl (C=O) groups excluding carboxylic acids is 1. The fourth-order valence-electron chi connectivity index (χ4n) is 3.46. The first-order chi connectivity index (χ1) is 16.5. The fourth-order valence-corrected chi connectivity index (χ4v) is 3.46. The Morgan fingerprint density at radius 1 is 1.11 bits per heavy atom. The van der Waals surface area contributed by atoms with Gasteiger partial charge in [-0.25, -0.2) is 5.84 Å². The van der Waals surface area contributed by atoms with Crippen molar-refractivity contribution in [1.82, 2.24) is 9.88 Å². The number of hydrazine groups is 1. The third kappa shape index (κ3) is 6.58. The monoisotopic (exact) mass is 484 g/mol. The highest BCUT2D eigenvalue weighted by Crippen LogP contribution is 2.34. The molecule has 0 spiro atoms. The zero-order chi connectivity index (χ0) is 25.8. The molecule has 1 amide bonds. The number of amides is 1. The standard InChI is InChI=1S/C25H27F3N6O/c1-16-6-7-17(11-23(16)34(30)15-22(29)18-5-4-10-31-13-18)24(35)32-20-9-8-19(14-33(2)3)21(12-20)25(26,27)28/h4-13,15H,14,29-30H2,1-3H3,(H,32,35)/b22-15-. The Morgan fingerprint density at radius 3 is 2.49 bits per heavy atom. The highest BCUT2D eigenvalue weighted by atomic mass is 19.4. The van der Waals surface area contributed by atoms with Crippen LogP contribution in [0.5, 0.6) is 0 Å². The molecule has 3 aromatic rings. The Hall–Kier alpha value is -3.89. The van der Waals surface area contributed by atoms with Crippen LogP contribution in [0.3, 0.4) is 0 Å². The van der Waals surface area contributed by atoms with Gasteiger partial charge in [0.1, 0.15) is 0 Å². The molecule has 0 saturated heterocycles. The van der Waals surface area contributed by atoms with Crippen molar-refractivity contribution in [3.8, 4) is 0 Å². The van der Waals surface area contributed by atoms with Crippen molar-refractivity contribution >= 4 is 23.0 Å². The molecule has 3 rings (SSSR count). The minimum atomic E-state index is -4.55. The molecule has 0 radical (unpaired) electrons. The van der Waals surface area contributed by atoms with Crippen LogP contribution in [0.1, 0.15) is 32.6 Å². The van der Waals surface area contributed by atoms with Crippen LogP contribution in [-0.2, 0) is 12.7 Å². The SMILES string of the molecule is Cc1ccc(C(=O)Nc2ccc(CN(C)C)c(C(F)(F)F)c2)cc1N(N)/C=C(\N)c1cccnc1. The van der Waals surface area contributed by atoms with Crippen molar-refractivity contribution in [2.75, 3.05) is 24.4 Å². The van der Waals surface area contributed by atoms with Gasteiger partial charge in [-0.05, 0) is 68.5 Å². The molecule has 1 heterocycles. The van der Waals surface area contributed by atoms with E-state index in [0.29, 0.717) is 16.9 Å². The number of nitrogens with two attached hydrogens (primary N) is 2. The van der Waals surface area contributed by atoms with Crippen LogP contribution in [-0.4, -0.2) is 29.9 Å². The van der Waals surface area contributed by atoms with Crippen molar-refractivity contribution < 1.29 is 18.0 Å². The summed E-state index contributed by atoms with van der Waals surface area (Å²) >= 11 is 0. The Labute approximate surface area is 201 Å². The summed E-state index contributed by atoms with van der Waals surface area (Å²) < 4.78 is 40.7.